The van der Waals surface area contributed by atoms with Crippen molar-refractivity contribution in [2.45, 2.75) is 0 Å². The van der Waals surface area contributed by atoms with Gasteiger partial charge >= 0.3 is 0 Å². The van der Waals surface area contributed by atoms with E-state index in [-0.39, 0.29) is 0 Å². The van der Waals surface area contributed by atoms with Gasteiger partial charge in [-0.3, -0.25) is 0 Å². The third-order valence-corrected chi connectivity index (χ3v) is 4.15. The molecule has 4 rings (SSSR count). The van der Waals surface area contributed by atoms with Crippen LogP contribution in [-0.4, -0.2) is 11.7 Å². The lowest BCUT2D eigenvalue weighted by Gasteiger charge is -2.07. The van der Waals surface area contributed by atoms with E-state index in [0.29, 0.717) is 0 Å². The van der Waals surface area contributed by atoms with Crippen molar-refractivity contribution in [3.63, 3.8) is 0 Å². The summed E-state index contributed by atoms with van der Waals surface area (Å²) < 4.78 is 7.40. The molecule has 0 radical (unpaired) electrons. The van der Waals surface area contributed by atoms with Crippen LogP contribution in [0.1, 0.15) is 11.3 Å². The molecule has 0 N–H and O–H groups in total. The molecule has 0 aliphatic rings. The fourth-order valence-electron chi connectivity index (χ4n) is 2.91. The van der Waals surface area contributed by atoms with E-state index in [1.165, 1.54) is 5.39 Å². The zero-order valence-corrected chi connectivity index (χ0v) is 13.9. The van der Waals surface area contributed by atoms with Crippen molar-refractivity contribution in [2.75, 3.05) is 7.11 Å². The second-order valence-corrected chi connectivity index (χ2v) is 5.74. The van der Waals surface area contributed by atoms with E-state index < -0.39 is 0 Å². The first-order valence-electron chi connectivity index (χ1n) is 8.17. The Morgan fingerprint density at radius 1 is 0.760 bits per heavy atom. The zero-order valence-electron chi connectivity index (χ0n) is 13.9. The number of nitrogens with zero attached hydrogens (tertiary/aromatic N) is 1. The first kappa shape index (κ1) is 15.1. The minimum Gasteiger partial charge on any atom is -0.497 e. The number of hydrogen-bond donors (Lipinski definition) is 0. The van der Waals surface area contributed by atoms with Gasteiger partial charge < -0.3 is 9.30 Å². The number of ether oxygens (including phenoxy) is 1. The molecule has 3 aromatic carbocycles. The molecule has 120 valence electrons. The van der Waals surface area contributed by atoms with E-state index >= 15 is 0 Å². The topological polar surface area (TPSA) is 14.2 Å². The van der Waals surface area contributed by atoms with Crippen molar-refractivity contribution < 1.29 is 4.74 Å². The van der Waals surface area contributed by atoms with Crippen molar-refractivity contribution in [3.05, 3.63) is 96.2 Å². The SMILES string of the molecule is COc1ccc(C#Cc2cc3ccccc3n2-c2ccccc2)cc1. The molecule has 0 saturated carbocycles. The van der Waals surface area contributed by atoms with E-state index in [9.17, 15) is 0 Å². The molecule has 2 nitrogen and oxygen atoms in total. The zero-order chi connectivity index (χ0) is 17.1. The molecule has 2 heteroatoms. The summed E-state index contributed by atoms with van der Waals surface area (Å²) in [4.78, 5) is 0. The number of benzene rings is 3. The maximum absolute atomic E-state index is 5.20. The summed E-state index contributed by atoms with van der Waals surface area (Å²) in [5, 5.41) is 1.19. The van der Waals surface area contributed by atoms with Crippen LogP contribution in [-0.2, 0) is 0 Å². The monoisotopic (exact) mass is 323 g/mol. The average molecular weight is 323 g/mol. The molecule has 0 unspecified atom stereocenters. The molecule has 0 aliphatic heterocycles. The molecule has 4 aromatic rings. The summed E-state index contributed by atoms with van der Waals surface area (Å²) >= 11 is 0. The van der Waals surface area contributed by atoms with Gasteiger partial charge in [0.25, 0.3) is 0 Å². The molecule has 0 fully saturated rings. The highest BCUT2D eigenvalue weighted by atomic mass is 16.5. The third kappa shape index (κ3) is 3.00. The van der Waals surface area contributed by atoms with E-state index in [1.54, 1.807) is 7.11 Å². The van der Waals surface area contributed by atoms with E-state index in [1.807, 2.05) is 42.5 Å². The Morgan fingerprint density at radius 3 is 2.24 bits per heavy atom. The summed E-state index contributed by atoms with van der Waals surface area (Å²) in [5.74, 6) is 7.42. The van der Waals surface area contributed by atoms with Gasteiger partial charge in [0.15, 0.2) is 0 Å². The largest absolute Gasteiger partial charge is 0.497 e. The minimum atomic E-state index is 0.837. The van der Waals surface area contributed by atoms with Crippen LogP contribution < -0.4 is 4.74 Å². The second kappa shape index (κ2) is 6.59. The molecule has 25 heavy (non-hydrogen) atoms. The Kier molecular flexibility index (Phi) is 3.98. The quantitative estimate of drug-likeness (QED) is 0.471. The first-order chi connectivity index (χ1) is 12.3. The van der Waals surface area contributed by atoms with Crippen LogP contribution in [0.3, 0.4) is 0 Å². The molecule has 0 bridgehead atoms. The number of rotatable bonds is 2. The summed E-state index contributed by atoms with van der Waals surface area (Å²) in [6.07, 6.45) is 0. The summed E-state index contributed by atoms with van der Waals surface area (Å²) in [5.41, 5.74) is 4.21. The van der Waals surface area contributed by atoms with Gasteiger partial charge in [-0.15, -0.1) is 0 Å². The van der Waals surface area contributed by atoms with Gasteiger partial charge in [-0.25, -0.2) is 0 Å². The van der Waals surface area contributed by atoms with Crippen molar-refractivity contribution in [1.82, 2.24) is 4.57 Å². The molecule has 0 saturated heterocycles. The number of methoxy groups -OCH3 is 1. The van der Waals surface area contributed by atoms with Gasteiger partial charge in [0.05, 0.1) is 18.3 Å². The van der Waals surface area contributed by atoms with Crippen LogP contribution >= 0.6 is 0 Å². The molecular weight excluding hydrogens is 306 g/mol. The molecule has 1 heterocycles. The minimum absolute atomic E-state index is 0.837. The Bertz CT molecular complexity index is 1060. The van der Waals surface area contributed by atoms with Gasteiger partial charge in [0.2, 0.25) is 0 Å². The van der Waals surface area contributed by atoms with Crippen LogP contribution in [0.2, 0.25) is 0 Å². The predicted octanol–water partition coefficient (Wildman–Crippen LogP) is 5.04. The highest BCUT2D eigenvalue weighted by Gasteiger charge is 2.08. The molecule has 0 amide bonds. The third-order valence-electron chi connectivity index (χ3n) is 4.15. The van der Waals surface area contributed by atoms with Gasteiger partial charge in [-0.1, -0.05) is 42.3 Å². The second-order valence-electron chi connectivity index (χ2n) is 5.74. The number of hydrogen-bond acceptors (Lipinski definition) is 1. The van der Waals surface area contributed by atoms with Crippen molar-refractivity contribution >= 4 is 10.9 Å². The fourth-order valence-corrected chi connectivity index (χ4v) is 2.91. The van der Waals surface area contributed by atoms with Crippen LogP contribution in [0, 0.1) is 11.8 Å². The average Bonchev–Trinajstić information content (AvgIpc) is 3.06. The van der Waals surface area contributed by atoms with Crippen LogP contribution in [0.25, 0.3) is 16.6 Å². The fraction of sp³-hybridized carbons (Fsp3) is 0.0435. The molecule has 0 aliphatic carbocycles. The van der Waals surface area contributed by atoms with Crippen LogP contribution in [0.4, 0.5) is 0 Å². The highest BCUT2D eigenvalue weighted by Crippen LogP contribution is 2.24. The summed E-state index contributed by atoms with van der Waals surface area (Å²) in [6.45, 7) is 0. The summed E-state index contributed by atoms with van der Waals surface area (Å²) in [6, 6.07) is 28.6. The van der Waals surface area contributed by atoms with Crippen molar-refractivity contribution in [2.24, 2.45) is 0 Å². The Morgan fingerprint density at radius 2 is 1.48 bits per heavy atom. The van der Waals surface area contributed by atoms with Gasteiger partial charge in [0.1, 0.15) is 5.75 Å². The first-order valence-corrected chi connectivity index (χ1v) is 8.17. The maximum Gasteiger partial charge on any atom is 0.118 e. The number of para-hydroxylation sites is 2. The molecular formula is C23H17NO. The Balaban J connectivity index is 1.83. The Labute approximate surface area is 147 Å². The summed E-state index contributed by atoms with van der Waals surface area (Å²) in [7, 11) is 1.67. The van der Waals surface area contributed by atoms with Gasteiger partial charge in [-0.05, 0) is 54.5 Å². The van der Waals surface area contributed by atoms with E-state index in [4.69, 9.17) is 4.74 Å². The molecule has 1 aromatic heterocycles. The van der Waals surface area contributed by atoms with E-state index in [0.717, 1.165) is 28.2 Å². The van der Waals surface area contributed by atoms with Gasteiger partial charge in [-0.2, -0.15) is 0 Å². The van der Waals surface area contributed by atoms with Crippen LogP contribution in [0.15, 0.2) is 84.9 Å². The molecule has 0 atom stereocenters. The molecule has 0 spiro atoms. The lowest BCUT2D eigenvalue weighted by molar-refractivity contribution is 0.415. The normalized spacial score (nSPS) is 10.3. The van der Waals surface area contributed by atoms with Crippen molar-refractivity contribution in [3.8, 4) is 23.3 Å². The number of fused-ring (bicyclic) bond motifs is 1. The highest BCUT2D eigenvalue weighted by molar-refractivity contribution is 5.84. The van der Waals surface area contributed by atoms with Gasteiger partial charge in [0, 0.05) is 16.6 Å². The Hall–Kier alpha value is -3.44. The maximum atomic E-state index is 5.20. The lowest BCUT2D eigenvalue weighted by atomic mass is 10.2. The number of aromatic nitrogens is 1. The standard InChI is InChI=1S/C23H17NO/c1-25-22-15-12-18(13-16-22)11-14-21-17-19-7-5-6-10-23(19)24(21)20-8-3-2-4-9-20/h2-10,12-13,15-17H,1H3. The predicted molar refractivity (Wildman–Crippen MR) is 102 cm³/mol. The van der Waals surface area contributed by atoms with Crippen LogP contribution in [0.5, 0.6) is 5.75 Å². The smallest absolute Gasteiger partial charge is 0.118 e. The van der Waals surface area contributed by atoms with E-state index in [2.05, 4.69) is 58.9 Å². The lowest BCUT2D eigenvalue weighted by Crippen LogP contribution is -1.96. The van der Waals surface area contributed by atoms with Crippen molar-refractivity contribution in [1.29, 1.82) is 0 Å².